The first kappa shape index (κ1) is 17.2. The highest BCUT2D eigenvalue weighted by atomic mass is 32.2. The minimum atomic E-state index is -0.0994. The Hall–Kier alpha value is -1.65. The maximum atomic E-state index is 12.1. The van der Waals surface area contributed by atoms with E-state index in [0.29, 0.717) is 4.58 Å². The number of anilines is 1. The number of nitrogens with one attached hydrogen (secondary N) is 1. The fourth-order valence-electron chi connectivity index (χ4n) is 2.57. The van der Waals surface area contributed by atoms with Gasteiger partial charge in [-0.15, -0.1) is 23.5 Å². The summed E-state index contributed by atoms with van der Waals surface area (Å²) < 4.78 is 0.485. The zero-order valence-electron chi connectivity index (χ0n) is 13.7. The van der Waals surface area contributed by atoms with Crippen molar-refractivity contribution in [2.75, 3.05) is 16.8 Å². The Morgan fingerprint density at radius 1 is 1.12 bits per heavy atom. The van der Waals surface area contributed by atoms with Crippen LogP contribution < -0.4 is 5.32 Å². The topological polar surface area (TPSA) is 29.1 Å². The number of benzene rings is 2. The summed E-state index contributed by atoms with van der Waals surface area (Å²) in [4.78, 5) is 12.1. The number of rotatable bonds is 4. The number of carbonyl (C=O) groups excluding carboxylic acids is 1. The molecule has 24 heavy (non-hydrogen) atoms. The Morgan fingerprint density at radius 2 is 1.92 bits per heavy atom. The van der Waals surface area contributed by atoms with Crippen LogP contribution in [0.2, 0.25) is 0 Å². The molecule has 1 amide bonds. The number of amides is 1. The third kappa shape index (κ3) is 4.92. The Morgan fingerprint density at radius 3 is 2.71 bits per heavy atom. The van der Waals surface area contributed by atoms with Crippen molar-refractivity contribution in [1.82, 2.24) is 0 Å². The second-order valence-corrected chi connectivity index (χ2v) is 8.51. The Balaban J connectivity index is 1.63. The summed E-state index contributed by atoms with van der Waals surface area (Å²) in [6, 6.07) is 16.3. The molecule has 0 bridgehead atoms. The molecule has 0 aromatic heterocycles. The van der Waals surface area contributed by atoms with E-state index in [1.165, 1.54) is 29.1 Å². The normalized spacial score (nSPS) is 15.5. The number of thioether (sulfide) groups is 2. The quantitative estimate of drug-likeness (QED) is 0.733. The summed E-state index contributed by atoms with van der Waals surface area (Å²) in [5, 5.41) is 2.96. The predicted octanol–water partition coefficient (Wildman–Crippen LogP) is 5.52. The average Bonchev–Trinajstić information content (AvgIpc) is 2.61. The van der Waals surface area contributed by atoms with Crippen LogP contribution in [0, 0.1) is 6.92 Å². The zero-order valence-corrected chi connectivity index (χ0v) is 15.3. The zero-order chi connectivity index (χ0) is 16.8. The van der Waals surface area contributed by atoms with E-state index in [1.54, 1.807) is 6.08 Å². The first-order valence-corrected chi connectivity index (χ1v) is 10.2. The van der Waals surface area contributed by atoms with Gasteiger partial charge in [-0.05, 0) is 54.2 Å². The van der Waals surface area contributed by atoms with Crippen molar-refractivity contribution >= 4 is 41.2 Å². The van der Waals surface area contributed by atoms with Crippen LogP contribution in [0.5, 0.6) is 0 Å². The van der Waals surface area contributed by atoms with E-state index in [9.17, 15) is 4.79 Å². The Kier molecular flexibility index (Phi) is 6.05. The maximum Gasteiger partial charge on any atom is 0.248 e. The van der Waals surface area contributed by atoms with E-state index in [0.717, 1.165) is 11.3 Å². The minimum absolute atomic E-state index is 0.0994. The first-order valence-electron chi connectivity index (χ1n) is 8.09. The molecule has 0 saturated carbocycles. The molecule has 0 radical (unpaired) electrons. The van der Waals surface area contributed by atoms with Crippen LogP contribution in [0.4, 0.5) is 5.69 Å². The summed E-state index contributed by atoms with van der Waals surface area (Å²) >= 11 is 3.98. The fourth-order valence-corrected chi connectivity index (χ4v) is 5.45. The van der Waals surface area contributed by atoms with Crippen LogP contribution in [0.15, 0.2) is 54.6 Å². The van der Waals surface area contributed by atoms with Gasteiger partial charge in [-0.1, -0.05) is 42.0 Å². The molecule has 1 heterocycles. The van der Waals surface area contributed by atoms with Crippen LogP contribution in [0.3, 0.4) is 0 Å². The van der Waals surface area contributed by atoms with Crippen molar-refractivity contribution in [2.24, 2.45) is 0 Å². The molecule has 1 saturated heterocycles. The summed E-state index contributed by atoms with van der Waals surface area (Å²) in [6.45, 7) is 2.05. The molecule has 1 N–H and O–H groups in total. The van der Waals surface area contributed by atoms with Gasteiger partial charge in [0.05, 0.1) is 4.58 Å². The third-order valence-electron chi connectivity index (χ3n) is 3.72. The van der Waals surface area contributed by atoms with Crippen LogP contribution in [0.25, 0.3) is 6.08 Å². The molecule has 3 rings (SSSR count). The second kappa shape index (κ2) is 8.45. The van der Waals surface area contributed by atoms with Gasteiger partial charge >= 0.3 is 0 Å². The van der Waals surface area contributed by atoms with E-state index >= 15 is 0 Å². The van der Waals surface area contributed by atoms with Crippen molar-refractivity contribution < 1.29 is 4.79 Å². The SMILES string of the molecule is Cc1cccc(/C=C/C(=O)Nc2cccc(C3SCCCS3)c2)c1. The molecular formula is C20H21NOS2. The lowest BCUT2D eigenvalue weighted by atomic mass is 10.1. The first-order chi connectivity index (χ1) is 11.7. The monoisotopic (exact) mass is 355 g/mol. The Labute approximate surface area is 152 Å². The van der Waals surface area contributed by atoms with Crippen molar-refractivity contribution in [1.29, 1.82) is 0 Å². The molecule has 2 nitrogen and oxygen atoms in total. The van der Waals surface area contributed by atoms with Gasteiger partial charge in [-0.25, -0.2) is 0 Å². The van der Waals surface area contributed by atoms with Gasteiger partial charge < -0.3 is 5.32 Å². The molecule has 0 unspecified atom stereocenters. The van der Waals surface area contributed by atoms with Crippen LogP contribution in [-0.4, -0.2) is 17.4 Å². The molecule has 0 spiro atoms. The highest BCUT2D eigenvalue weighted by molar-refractivity contribution is 8.16. The van der Waals surface area contributed by atoms with Gasteiger partial charge in [-0.3, -0.25) is 4.79 Å². The van der Waals surface area contributed by atoms with Gasteiger partial charge in [0.15, 0.2) is 0 Å². The van der Waals surface area contributed by atoms with Crippen molar-refractivity contribution in [3.05, 3.63) is 71.3 Å². The van der Waals surface area contributed by atoms with E-state index in [2.05, 4.69) is 23.5 Å². The molecule has 2 aromatic carbocycles. The molecule has 0 atom stereocenters. The highest BCUT2D eigenvalue weighted by Gasteiger charge is 2.16. The molecule has 1 aliphatic rings. The summed E-state index contributed by atoms with van der Waals surface area (Å²) in [5.41, 5.74) is 4.37. The van der Waals surface area contributed by atoms with E-state index in [1.807, 2.05) is 66.9 Å². The number of hydrogen-bond donors (Lipinski definition) is 1. The van der Waals surface area contributed by atoms with Gasteiger partial charge in [0, 0.05) is 11.8 Å². The minimum Gasteiger partial charge on any atom is -0.323 e. The van der Waals surface area contributed by atoms with Crippen molar-refractivity contribution in [3.63, 3.8) is 0 Å². The smallest absolute Gasteiger partial charge is 0.248 e. The van der Waals surface area contributed by atoms with Crippen LogP contribution >= 0.6 is 23.5 Å². The third-order valence-corrected chi connectivity index (χ3v) is 6.74. The summed E-state index contributed by atoms with van der Waals surface area (Å²) in [7, 11) is 0. The number of aryl methyl sites for hydroxylation is 1. The number of hydrogen-bond acceptors (Lipinski definition) is 3. The van der Waals surface area contributed by atoms with Crippen LogP contribution in [-0.2, 0) is 4.79 Å². The summed E-state index contributed by atoms with van der Waals surface area (Å²) in [6.07, 6.45) is 4.72. The average molecular weight is 356 g/mol. The summed E-state index contributed by atoms with van der Waals surface area (Å²) in [5.74, 6) is 2.33. The molecule has 2 aromatic rings. The molecule has 1 fully saturated rings. The van der Waals surface area contributed by atoms with Crippen LogP contribution in [0.1, 0.15) is 27.7 Å². The Bertz CT molecular complexity index is 736. The molecule has 0 aliphatic carbocycles. The fraction of sp³-hybridized carbons (Fsp3) is 0.250. The lowest BCUT2D eigenvalue weighted by Crippen LogP contribution is -2.08. The van der Waals surface area contributed by atoms with Gasteiger partial charge in [0.2, 0.25) is 5.91 Å². The molecular weight excluding hydrogens is 334 g/mol. The van der Waals surface area contributed by atoms with Gasteiger partial charge in [0.1, 0.15) is 0 Å². The van der Waals surface area contributed by atoms with Gasteiger partial charge in [-0.2, -0.15) is 0 Å². The lowest BCUT2D eigenvalue weighted by molar-refractivity contribution is -0.111. The van der Waals surface area contributed by atoms with E-state index in [4.69, 9.17) is 0 Å². The number of carbonyl (C=O) groups is 1. The van der Waals surface area contributed by atoms with E-state index in [-0.39, 0.29) is 5.91 Å². The predicted molar refractivity (Wildman–Crippen MR) is 108 cm³/mol. The maximum absolute atomic E-state index is 12.1. The lowest BCUT2D eigenvalue weighted by Gasteiger charge is -2.21. The van der Waals surface area contributed by atoms with Gasteiger partial charge in [0.25, 0.3) is 0 Å². The standard InChI is InChI=1S/C20H21NOS2/c1-15-5-2-6-16(13-15)9-10-19(22)21-18-8-3-7-17(14-18)20-23-11-4-12-24-20/h2-3,5-10,13-14,20H,4,11-12H2,1H3,(H,21,22)/b10-9+. The highest BCUT2D eigenvalue weighted by Crippen LogP contribution is 2.43. The molecule has 1 aliphatic heterocycles. The molecule has 4 heteroatoms. The van der Waals surface area contributed by atoms with Crippen molar-refractivity contribution in [2.45, 2.75) is 17.9 Å². The largest absolute Gasteiger partial charge is 0.323 e. The van der Waals surface area contributed by atoms with Crippen molar-refractivity contribution in [3.8, 4) is 0 Å². The second-order valence-electron chi connectivity index (χ2n) is 5.79. The van der Waals surface area contributed by atoms with E-state index < -0.39 is 0 Å². The molecule has 124 valence electrons.